The molecule has 1 aliphatic carbocycles. The lowest BCUT2D eigenvalue weighted by molar-refractivity contribution is 0.102. The summed E-state index contributed by atoms with van der Waals surface area (Å²) >= 11 is 1.53. The number of hydrogen-bond donors (Lipinski definition) is 1. The third-order valence-electron chi connectivity index (χ3n) is 3.48. The molecule has 5 nitrogen and oxygen atoms in total. The smallest absolute Gasteiger partial charge is 0.259 e. The highest BCUT2D eigenvalue weighted by atomic mass is 32.1. The maximum absolute atomic E-state index is 12.2. The molecule has 2 heterocycles. The van der Waals surface area contributed by atoms with Crippen LogP contribution in [0.25, 0.3) is 0 Å². The van der Waals surface area contributed by atoms with Crippen molar-refractivity contribution < 1.29 is 4.79 Å². The number of carbonyl (C=O) groups excluding carboxylic acids is 1. The van der Waals surface area contributed by atoms with Crippen molar-refractivity contribution in [2.24, 2.45) is 0 Å². The number of carbonyl (C=O) groups is 1. The molecule has 2 aromatic heterocycles. The Balaban J connectivity index is 1.85. The van der Waals surface area contributed by atoms with Gasteiger partial charge in [0.25, 0.3) is 5.91 Å². The maximum atomic E-state index is 12.2. The Hall–Kier alpha value is -2.13. The average molecular weight is 286 g/mol. The summed E-state index contributed by atoms with van der Waals surface area (Å²) in [5.74, 6) is -0.207. The van der Waals surface area contributed by atoms with E-state index in [1.54, 1.807) is 17.1 Å². The van der Waals surface area contributed by atoms with Crippen LogP contribution in [-0.2, 0) is 19.4 Å². The number of nitriles is 1. The lowest BCUT2D eigenvalue weighted by Crippen LogP contribution is -2.11. The van der Waals surface area contributed by atoms with Gasteiger partial charge in [-0.15, -0.1) is 11.3 Å². The van der Waals surface area contributed by atoms with Crippen LogP contribution in [0.5, 0.6) is 0 Å². The predicted octanol–water partition coefficient (Wildman–Crippen LogP) is 2.58. The molecule has 102 valence electrons. The summed E-state index contributed by atoms with van der Waals surface area (Å²) in [6.45, 7) is 2.69. The molecule has 0 spiro atoms. The van der Waals surface area contributed by atoms with E-state index in [-0.39, 0.29) is 5.91 Å². The number of thiophene rings is 1. The number of rotatable bonds is 3. The predicted molar refractivity (Wildman–Crippen MR) is 76.9 cm³/mol. The molecule has 2 aromatic rings. The zero-order chi connectivity index (χ0) is 14.1. The van der Waals surface area contributed by atoms with Gasteiger partial charge in [-0.1, -0.05) is 0 Å². The average Bonchev–Trinajstić information content (AvgIpc) is 3.13. The van der Waals surface area contributed by atoms with Crippen LogP contribution in [0.2, 0.25) is 0 Å². The van der Waals surface area contributed by atoms with Crippen LogP contribution in [0, 0.1) is 11.3 Å². The van der Waals surface area contributed by atoms with E-state index in [0.29, 0.717) is 16.1 Å². The van der Waals surface area contributed by atoms with E-state index >= 15 is 0 Å². The number of aryl methyl sites for hydroxylation is 2. The van der Waals surface area contributed by atoms with Crippen LogP contribution in [0.15, 0.2) is 12.4 Å². The summed E-state index contributed by atoms with van der Waals surface area (Å²) in [7, 11) is 0. The third kappa shape index (κ3) is 2.10. The summed E-state index contributed by atoms with van der Waals surface area (Å²) in [6, 6.07) is 2.22. The molecule has 0 aliphatic heterocycles. The van der Waals surface area contributed by atoms with E-state index in [1.165, 1.54) is 16.2 Å². The molecule has 0 bridgehead atoms. The molecule has 0 fully saturated rings. The minimum Gasteiger partial charge on any atom is -0.312 e. The Bertz CT molecular complexity index is 707. The van der Waals surface area contributed by atoms with E-state index < -0.39 is 0 Å². The fourth-order valence-electron chi connectivity index (χ4n) is 2.44. The molecule has 0 atom stereocenters. The molecule has 1 N–H and O–H groups in total. The van der Waals surface area contributed by atoms with Crippen molar-refractivity contribution in [2.75, 3.05) is 5.32 Å². The van der Waals surface area contributed by atoms with Gasteiger partial charge in [-0.2, -0.15) is 10.4 Å². The molecule has 1 aliphatic rings. The zero-order valence-corrected chi connectivity index (χ0v) is 12.0. The molecule has 3 rings (SSSR count). The van der Waals surface area contributed by atoms with Gasteiger partial charge in [-0.25, -0.2) is 0 Å². The molecular formula is C14H14N4OS. The first-order valence-corrected chi connectivity index (χ1v) is 7.43. The number of hydrogen-bond acceptors (Lipinski definition) is 4. The van der Waals surface area contributed by atoms with Gasteiger partial charge >= 0.3 is 0 Å². The first-order chi connectivity index (χ1) is 9.72. The summed E-state index contributed by atoms with van der Waals surface area (Å²) in [5.41, 5.74) is 2.28. The largest absolute Gasteiger partial charge is 0.312 e. The lowest BCUT2D eigenvalue weighted by atomic mass is 10.1. The van der Waals surface area contributed by atoms with Crippen molar-refractivity contribution >= 4 is 22.2 Å². The van der Waals surface area contributed by atoms with Crippen molar-refractivity contribution in [3.63, 3.8) is 0 Å². The summed E-state index contributed by atoms with van der Waals surface area (Å²) in [6.07, 6.45) is 6.32. The van der Waals surface area contributed by atoms with Crippen molar-refractivity contribution in [3.05, 3.63) is 34.0 Å². The van der Waals surface area contributed by atoms with E-state index in [2.05, 4.69) is 16.5 Å². The van der Waals surface area contributed by atoms with Gasteiger partial charge in [0.15, 0.2) is 0 Å². The topological polar surface area (TPSA) is 70.7 Å². The number of aromatic nitrogens is 2. The van der Waals surface area contributed by atoms with Crippen LogP contribution < -0.4 is 5.32 Å². The highest BCUT2D eigenvalue weighted by Gasteiger charge is 2.23. The van der Waals surface area contributed by atoms with E-state index in [0.717, 1.165) is 31.4 Å². The minimum atomic E-state index is -0.207. The quantitative estimate of drug-likeness (QED) is 0.942. The van der Waals surface area contributed by atoms with Crippen molar-refractivity contribution in [1.82, 2.24) is 9.78 Å². The Kier molecular flexibility index (Phi) is 3.28. The number of nitrogens with one attached hydrogen (secondary N) is 1. The Morgan fingerprint density at radius 1 is 1.60 bits per heavy atom. The van der Waals surface area contributed by atoms with E-state index in [1.807, 2.05) is 6.92 Å². The molecule has 1 amide bonds. The third-order valence-corrected chi connectivity index (χ3v) is 4.69. The second kappa shape index (κ2) is 5.10. The maximum Gasteiger partial charge on any atom is 0.259 e. The van der Waals surface area contributed by atoms with Gasteiger partial charge < -0.3 is 5.32 Å². The molecule has 0 unspecified atom stereocenters. The minimum absolute atomic E-state index is 0.207. The summed E-state index contributed by atoms with van der Waals surface area (Å²) in [4.78, 5) is 13.4. The molecule has 20 heavy (non-hydrogen) atoms. The molecule has 6 heteroatoms. The second-order valence-corrected chi connectivity index (χ2v) is 5.82. The van der Waals surface area contributed by atoms with Gasteiger partial charge in [0.2, 0.25) is 0 Å². The highest BCUT2D eigenvalue weighted by molar-refractivity contribution is 7.16. The van der Waals surface area contributed by atoms with Crippen LogP contribution in [-0.4, -0.2) is 15.7 Å². The van der Waals surface area contributed by atoms with E-state index in [4.69, 9.17) is 0 Å². The van der Waals surface area contributed by atoms with Gasteiger partial charge in [-0.3, -0.25) is 9.48 Å². The fourth-order valence-corrected chi connectivity index (χ4v) is 3.67. The van der Waals surface area contributed by atoms with E-state index in [9.17, 15) is 10.1 Å². The van der Waals surface area contributed by atoms with Crippen LogP contribution >= 0.6 is 11.3 Å². The van der Waals surface area contributed by atoms with Gasteiger partial charge in [0, 0.05) is 17.6 Å². The lowest BCUT2D eigenvalue weighted by Gasteiger charge is -2.01. The number of fused-ring (bicyclic) bond motifs is 1. The van der Waals surface area contributed by atoms with Gasteiger partial charge in [0.05, 0.1) is 17.3 Å². The van der Waals surface area contributed by atoms with Crippen molar-refractivity contribution in [2.45, 2.75) is 32.7 Å². The highest BCUT2D eigenvalue weighted by Crippen LogP contribution is 2.38. The van der Waals surface area contributed by atoms with Crippen molar-refractivity contribution in [1.29, 1.82) is 5.26 Å². The standard InChI is InChI=1S/C14H14N4OS/c1-2-18-8-9(7-16-18)13(19)17-14-11(6-15)10-4-3-5-12(10)20-14/h7-8H,2-5H2,1H3,(H,17,19). The number of anilines is 1. The Morgan fingerprint density at radius 2 is 2.45 bits per heavy atom. The second-order valence-electron chi connectivity index (χ2n) is 4.71. The molecule has 0 saturated carbocycles. The van der Waals surface area contributed by atoms with Crippen LogP contribution in [0.3, 0.4) is 0 Å². The molecular weight excluding hydrogens is 272 g/mol. The Morgan fingerprint density at radius 3 is 3.15 bits per heavy atom. The Labute approximate surface area is 120 Å². The summed E-state index contributed by atoms with van der Waals surface area (Å²) in [5, 5.41) is 16.9. The summed E-state index contributed by atoms with van der Waals surface area (Å²) < 4.78 is 1.70. The first kappa shape index (κ1) is 12.9. The molecule has 0 saturated heterocycles. The van der Waals surface area contributed by atoms with Gasteiger partial charge in [-0.05, 0) is 31.7 Å². The number of amides is 1. The monoisotopic (exact) mass is 286 g/mol. The van der Waals surface area contributed by atoms with Crippen LogP contribution in [0.1, 0.15) is 39.7 Å². The van der Waals surface area contributed by atoms with Crippen LogP contribution in [0.4, 0.5) is 5.00 Å². The van der Waals surface area contributed by atoms with Crippen molar-refractivity contribution in [3.8, 4) is 6.07 Å². The fraction of sp³-hybridized carbons (Fsp3) is 0.357. The SMILES string of the molecule is CCn1cc(C(=O)Nc2sc3c(c2C#N)CCC3)cn1. The normalized spacial score (nSPS) is 13.0. The molecule has 0 aromatic carbocycles. The molecule has 0 radical (unpaired) electrons. The van der Waals surface area contributed by atoms with Gasteiger partial charge in [0.1, 0.15) is 11.1 Å². The number of nitrogens with zero attached hydrogens (tertiary/aromatic N) is 3. The first-order valence-electron chi connectivity index (χ1n) is 6.61. The zero-order valence-electron chi connectivity index (χ0n) is 11.1.